The lowest BCUT2D eigenvalue weighted by Crippen LogP contribution is -2.46. The van der Waals surface area contributed by atoms with Gasteiger partial charge in [0.2, 0.25) is 0 Å². The highest BCUT2D eigenvalue weighted by molar-refractivity contribution is 8.00. The Morgan fingerprint density at radius 2 is 1.84 bits per heavy atom. The van der Waals surface area contributed by atoms with Gasteiger partial charge in [-0.15, -0.1) is 0 Å². The first-order valence-electron chi connectivity index (χ1n) is 16.3. The number of rotatable bonds is 16. The summed E-state index contributed by atoms with van der Waals surface area (Å²) in [5.74, 6) is -7.67. The number of hydrogen-bond donors (Lipinski definition) is 1. The third-order valence-electron chi connectivity index (χ3n) is 9.21. The van der Waals surface area contributed by atoms with Crippen molar-refractivity contribution in [3.63, 3.8) is 0 Å². The SMILES string of the molecule is C/C=C/CCCCC[C@H]1C=C2[C@@H](SCC)[C@H](C(OS(=O)(=O)C(F)(F)F)=C(C(=O)OC)C[C@@]2(CC(=O)O)C(=O)OC)[C@@H]1C[C@H]1COC(C)(C)O1. The highest BCUT2D eigenvalue weighted by Gasteiger charge is 2.60. The number of carbonyl (C=O) groups is 3. The predicted octanol–water partition coefficient (Wildman–Crippen LogP) is 6.30. The molecule has 0 aromatic heterocycles. The molecule has 6 atom stereocenters. The van der Waals surface area contributed by atoms with E-state index in [1.807, 2.05) is 19.1 Å². The summed E-state index contributed by atoms with van der Waals surface area (Å²) < 4.78 is 94.5. The van der Waals surface area contributed by atoms with Crippen molar-refractivity contribution in [3.05, 3.63) is 35.1 Å². The maximum Gasteiger partial charge on any atom is 0.534 e. The van der Waals surface area contributed by atoms with Crippen LogP contribution in [-0.2, 0) is 47.6 Å². The predicted molar refractivity (Wildman–Crippen MR) is 174 cm³/mol. The van der Waals surface area contributed by atoms with Crippen LogP contribution in [0.25, 0.3) is 0 Å². The summed E-state index contributed by atoms with van der Waals surface area (Å²) in [5, 5.41) is 9.15. The van der Waals surface area contributed by atoms with Crippen LogP contribution in [0.4, 0.5) is 13.2 Å². The van der Waals surface area contributed by atoms with Crippen LogP contribution in [0.3, 0.4) is 0 Å². The Hall–Kier alpha value is -2.56. The van der Waals surface area contributed by atoms with Crippen molar-refractivity contribution in [1.29, 1.82) is 0 Å². The van der Waals surface area contributed by atoms with Crippen LogP contribution in [0.15, 0.2) is 35.1 Å². The number of ether oxygens (including phenoxy) is 4. The molecule has 0 radical (unpaired) electrons. The number of hydrogen-bond acceptors (Lipinski definition) is 11. The van der Waals surface area contributed by atoms with Crippen molar-refractivity contribution in [1.82, 2.24) is 0 Å². The molecule has 3 aliphatic rings. The van der Waals surface area contributed by atoms with Gasteiger partial charge in [0.15, 0.2) is 5.79 Å². The van der Waals surface area contributed by atoms with E-state index in [0.717, 1.165) is 33.5 Å². The fourth-order valence-corrected chi connectivity index (χ4v) is 9.12. The maximum atomic E-state index is 14.0. The molecule has 1 saturated heterocycles. The fraction of sp³-hybridized carbons (Fsp3) is 0.727. The molecule has 2 aliphatic carbocycles. The Kier molecular flexibility index (Phi) is 13.9. The van der Waals surface area contributed by atoms with E-state index < -0.39 is 98.0 Å². The standard InChI is InChI=1S/C33H47F3O11S2/c1-7-9-10-11-12-13-14-20-15-24-28(48-8-2)26(22(20)16-21-19-45-31(3,4)46-21)27(47-49(41,42)33(34,35)36)23(29(39)43-5)17-32(24,18-25(37)38)30(40)44-6/h7,9,15,20-22,26,28H,8,10-14,16-19H2,1-6H3,(H,37,38)/b9-7+/t20-,21-,22+,26-,28+,32-/m0/s1. The number of alkyl halides is 3. The van der Waals surface area contributed by atoms with Crippen molar-refractivity contribution >= 4 is 39.8 Å². The van der Waals surface area contributed by atoms with E-state index in [-0.39, 0.29) is 18.6 Å². The summed E-state index contributed by atoms with van der Waals surface area (Å²) in [5.41, 5.74) is -8.42. The fourth-order valence-electron chi connectivity index (χ4n) is 7.20. The number of fused-ring (bicyclic) bond motifs is 2. The third-order valence-corrected chi connectivity index (χ3v) is 11.4. The molecule has 0 amide bonds. The van der Waals surface area contributed by atoms with Gasteiger partial charge in [-0.1, -0.05) is 38.0 Å². The molecule has 2 bridgehead atoms. The van der Waals surface area contributed by atoms with Gasteiger partial charge in [-0.05, 0) is 69.6 Å². The molecular weight excluding hydrogens is 693 g/mol. The number of allylic oxidation sites excluding steroid dienone is 4. The Morgan fingerprint density at radius 1 is 1.14 bits per heavy atom. The van der Waals surface area contributed by atoms with Crippen molar-refractivity contribution in [2.24, 2.45) is 23.2 Å². The molecule has 0 aromatic carbocycles. The molecular formula is C33H47F3O11S2. The van der Waals surface area contributed by atoms with Crippen molar-refractivity contribution < 1.29 is 64.2 Å². The highest BCUT2D eigenvalue weighted by Crippen LogP contribution is 2.59. The number of carbonyl (C=O) groups excluding carboxylic acids is 2. The Morgan fingerprint density at radius 3 is 2.37 bits per heavy atom. The lowest BCUT2D eigenvalue weighted by Gasteiger charge is -2.46. The maximum absolute atomic E-state index is 14.0. The van der Waals surface area contributed by atoms with Crippen LogP contribution in [0.1, 0.15) is 79.1 Å². The van der Waals surface area contributed by atoms with Crippen LogP contribution < -0.4 is 0 Å². The molecule has 0 spiro atoms. The van der Waals surface area contributed by atoms with Gasteiger partial charge in [-0.3, -0.25) is 9.59 Å². The largest absolute Gasteiger partial charge is 0.534 e. The lowest BCUT2D eigenvalue weighted by molar-refractivity contribution is -0.156. The summed E-state index contributed by atoms with van der Waals surface area (Å²) in [6.45, 7) is 7.25. The molecule has 3 rings (SSSR count). The number of carboxylic acids is 1. The molecule has 278 valence electrons. The summed E-state index contributed by atoms with van der Waals surface area (Å²) in [7, 11) is -4.38. The number of carboxylic acid groups (broad SMARTS) is 1. The number of thioether (sulfide) groups is 1. The molecule has 1 heterocycles. The Labute approximate surface area is 290 Å². The van der Waals surface area contributed by atoms with Gasteiger partial charge in [0.25, 0.3) is 0 Å². The average Bonchev–Trinajstić information content (AvgIpc) is 3.33. The Balaban J connectivity index is 2.42. The molecule has 1 fully saturated rings. The zero-order valence-electron chi connectivity index (χ0n) is 28.7. The van der Waals surface area contributed by atoms with Crippen LogP contribution in [0.5, 0.6) is 0 Å². The normalized spacial score (nSPS) is 28.6. The van der Waals surface area contributed by atoms with Crippen LogP contribution in [0.2, 0.25) is 0 Å². The van der Waals surface area contributed by atoms with E-state index in [2.05, 4.69) is 0 Å². The molecule has 0 saturated carbocycles. The monoisotopic (exact) mass is 740 g/mol. The molecule has 49 heavy (non-hydrogen) atoms. The van der Waals surface area contributed by atoms with Gasteiger partial charge >= 0.3 is 33.5 Å². The molecule has 1 aliphatic heterocycles. The summed E-state index contributed by atoms with van der Waals surface area (Å²) >= 11 is 1.18. The highest BCUT2D eigenvalue weighted by atomic mass is 32.2. The second-order valence-electron chi connectivity index (χ2n) is 12.9. The smallest absolute Gasteiger partial charge is 0.481 e. The minimum Gasteiger partial charge on any atom is -0.481 e. The van der Waals surface area contributed by atoms with Gasteiger partial charge in [-0.25, -0.2) is 4.79 Å². The molecule has 16 heteroatoms. The van der Waals surface area contributed by atoms with Crippen molar-refractivity contribution in [3.8, 4) is 0 Å². The zero-order chi connectivity index (χ0) is 36.8. The number of aliphatic carboxylic acids is 1. The summed E-state index contributed by atoms with van der Waals surface area (Å²) in [4.78, 5) is 39.8. The summed E-state index contributed by atoms with van der Waals surface area (Å²) in [6, 6.07) is 0. The van der Waals surface area contributed by atoms with Gasteiger partial charge in [0, 0.05) is 17.6 Å². The van der Waals surface area contributed by atoms with Crippen molar-refractivity contribution in [2.75, 3.05) is 26.6 Å². The molecule has 0 aromatic rings. The van der Waals surface area contributed by atoms with Gasteiger partial charge < -0.3 is 28.2 Å². The first-order chi connectivity index (χ1) is 22.9. The van der Waals surface area contributed by atoms with Crippen LogP contribution in [-0.4, -0.2) is 80.7 Å². The molecule has 1 N–H and O–H groups in total. The average molecular weight is 741 g/mol. The zero-order valence-corrected chi connectivity index (χ0v) is 30.3. The number of esters is 2. The minimum atomic E-state index is -6.35. The number of halogens is 3. The second-order valence-corrected chi connectivity index (χ2v) is 15.8. The first kappa shape index (κ1) is 40.9. The lowest BCUT2D eigenvalue weighted by atomic mass is 9.63. The third kappa shape index (κ3) is 9.41. The second kappa shape index (κ2) is 16.6. The van der Waals surface area contributed by atoms with Gasteiger partial charge in [0.1, 0.15) is 11.2 Å². The van der Waals surface area contributed by atoms with Crippen LogP contribution >= 0.6 is 11.8 Å². The van der Waals surface area contributed by atoms with Gasteiger partial charge in [0.05, 0.1) is 38.9 Å². The van der Waals surface area contributed by atoms with E-state index in [1.165, 1.54) is 11.8 Å². The first-order valence-corrected chi connectivity index (χ1v) is 18.7. The van der Waals surface area contributed by atoms with E-state index in [0.29, 0.717) is 18.6 Å². The number of unbranched alkanes of at least 4 members (excludes halogenated alkanes) is 3. The number of methoxy groups -OCH3 is 2. The van der Waals surface area contributed by atoms with E-state index in [1.54, 1.807) is 26.8 Å². The Bertz CT molecular complexity index is 1420. The quantitative estimate of drug-likeness (QED) is 0.0622. The summed E-state index contributed by atoms with van der Waals surface area (Å²) in [6.07, 6.45) is 7.26. The van der Waals surface area contributed by atoms with E-state index in [9.17, 15) is 41.1 Å². The topological polar surface area (TPSA) is 152 Å². The molecule has 0 unspecified atom stereocenters. The van der Waals surface area contributed by atoms with Gasteiger partial charge in [-0.2, -0.15) is 33.4 Å². The van der Waals surface area contributed by atoms with E-state index in [4.69, 9.17) is 23.1 Å². The minimum absolute atomic E-state index is 0.143. The molecule has 11 nitrogen and oxygen atoms in total. The van der Waals surface area contributed by atoms with Crippen molar-refractivity contribution in [2.45, 2.75) is 102 Å². The van der Waals surface area contributed by atoms with Crippen LogP contribution in [0, 0.1) is 23.2 Å². The van der Waals surface area contributed by atoms with E-state index >= 15 is 0 Å².